The van der Waals surface area contributed by atoms with Gasteiger partial charge in [-0.2, -0.15) is 0 Å². The highest BCUT2D eigenvalue weighted by atomic mass is 16.6. The number of aromatic nitrogens is 2. The van der Waals surface area contributed by atoms with Gasteiger partial charge in [0.05, 0.1) is 7.11 Å². The number of methoxy groups -OCH3 is 1. The topological polar surface area (TPSA) is 48.2 Å². The Labute approximate surface area is 79.2 Å². The first-order valence-electron chi connectivity index (χ1n) is 4.42. The van der Waals surface area contributed by atoms with Crippen LogP contribution in [-0.4, -0.2) is 17.4 Å². The lowest BCUT2D eigenvalue weighted by Crippen LogP contribution is -2.12. The Hall–Kier alpha value is -1.06. The van der Waals surface area contributed by atoms with E-state index in [1.807, 2.05) is 34.6 Å². The molecule has 4 nitrogen and oxygen atoms in total. The maximum absolute atomic E-state index is 4.94. The minimum atomic E-state index is -0.0780. The summed E-state index contributed by atoms with van der Waals surface area (Å²) in [6, 6.07) is 0. The van der Waals surface area contributed by atoms with Crippen LogP contribution in [0.15, 0.2) is 4.63 Å². The Bertz CT molecular complexity index is 238. The van der Waals surface area contributed by atoms with Crippen molar-refractivity contribution in [2.75, 3.05) is 7.11 Å². The van der Waals surface area contributed by atoms with E-state index in [1.54, 1.807) is 7.11 Å². The average molecular weight is 186 g/mol. The highest BCUT2D eigenvalue weighted by Gasteiger charge is 2.24. The Morgan fingerprint density at radius 3 is 2.00 bits per heavy atom. The number of hydrogen-bond acceptors (Lipinski definition) is 4. The van der Waals surface area contributed by atoms with Crippen molar-refractivity contribution in [1.29, 1.82) is 0 Å². The van der Waals surface area contributed by atoms with Crippen LogP contribution in [0.5, 0.6) is 5.88 Å². The van der Waals surface area contributed by atoms with E-state index in [-0.39, 0.29) is 5.41 Å². The van der Waals surface area contributed by atoms with Crippen LogP contribution in [-0.2, 0) is 5.41 Å². The largest absolute Gasteiger partial charge is 0.477 e. The summed E-state index contributed by atoms with van der Waals surface area (Å²) in [6.07, 6.45) is 0. The van der Waals surface area contributed by atoms with E-state index in [0.717, 1.165) is 5.69 Å². The van der Waals surface area contributed by atoms with Crippen LogP contribution < -0.4 is 4.74 Å². The fraction of sp³-hybridized carbons (Fsp3) is 0.778. The van der Waals surface area contributed by atoms with Crippen LogP contribution in [0.25, 0.3) is 0 Å². The maximum Gasteiger partial charge on any atom is 0.279 e. The molecule has 0 saturated heterocycles. The second kappa shape index (κ2) is 4.84. The standard InChI is InChI=1S/C7H12N2O2.C2H6/c1-7(2,3)5-6(10-4)9-11-8-5;1-2/h1-4H3;1-2H3. The van der Waals surface area contributed by atoms with Gasteiger partial charge in [-0.05, 0) is 5.16 Å². The van der Waals surface area contributed by atoms with Crippen molar-refractivity contribution in [2.24, 2.45) is 0 Å². The van der Waals surface area contributed by atoms with Gasteiger partial charge in [0.15, 0.2) is 5.69 Å². The zero-order valence-corrected chi connectivity index (χ0v) is 9.21. The number of hydrogen-bond donors (Lipinski definition) is 0. The van der Waals surface area contributed by atoms with E-state index in [9.17, 15) is 0 Å². The molecule has 0 aliphatic heterocycles. The molecule has 0 aliphatic rings. The lowest BCUT2D eigenvalue weighted by molar-refractivity contribution is 0.279. The molecule has 0 aromatic carbocycles. The molecule has 1 heterocycles. The number of nitrogens with zero attached hydrogens (tertiary/aromatic N) is 2. The van der Waals surface area contributed by atoms with E-state index in [4.69, 9.17) is 4.74 Å². The molecule has 0 unspecified atom stereocenters. The van der Waals surface area contributed by atoms with Crippen LogP contribution in [0.3, 0.4) is 0 Å². The Morgan fingerprint density at radius 2 is 1.69 bits per heavy atom. The number of ether oxygens (including phenoxy) is 1. The number of rotatable bonds is 1. The summed E-state index contributed by atoms with van der Waals surface area (Å²) in [4.78, 5) is 0. The van der Waals surface area contributed by atoms with E-state index >= 15 is 0 Å². The predicted octanol–water partition coefficient (Wildman–Crippen LogP) is 2.40. The van der Waals surface area contributed by atoms with E-state index < -0.39 is 0 Å². The van der Waals surface area contributed by atoms with Crippen LogP contribution in [0.1, 0.15) is 40.3 Å². The van der Waals surface area contributed by atoms with Gasteiger partial charge in [-0.25, -0.2) is 4.63 Å². The molecule has 0 bridgehead atoms. The summed E-state index contributed by atoms with van der Waals surface area (Å²) < 4.78 is 9.48. The lowest BCUT2D eigenvalue weighted by atomic mass is 9.93. The third-order valence-electron chi connectivity index (χ3n) is 1.36. The molecule has 13 heavy (non-hydrogen) atoms. The van der Waals surface area contributed by atoms with Crippen LogP contribution in [0, 0.1) is 0 Å². The van der Waals surface area contributed by atoms with Gasteiger partial charge in [-0.3, -0.25) is 0 Å². The molecule has 0 atom stereocenters. The molecule has 0 N–H and O–H groups in total. The molecule has 1 aromatic heterocycles. The maximum atomic E-state index is 4.94. The van der Waals surface area contributed by atoms with E-state index in [1.165, 1.54) is 0 Å². The Kier molecular flexibility index (Phi) is 4.45. The van der Waals surface area contributed by atoms with Crippen molar-refractivity contribution in [3.8, 4) is 5.88 Å². The molecule has 0 aliphatic carbocycles. The van der Waals surface area contributed by atoms with Gasteiger partial charge in [0.25, 0.3) is 5.88 Å². The molecule has 0 spiro atoms. The Morgan fingerprint density at radius 1 is 1.15 bits per heavy atom. The van der Waals surface area contributed by atoms with Crippen LogP contribution in [0.2, 0.25) is 0 Å². The molecular weight excluding hydrogens is 168 g/mol. The first kappa shape index (κ1) is 11.9. The fourth-order valence-electron chi connectivity index (χ4n) is 0.772. The summed E-state index contributed by atoms with van der Waals surface area (Å²) in [5.41, 5.74) is 0.672. The average Bonchev–Trinajstić information content (AvgIpc) is 2.54. The third-order valence-corrected chi connectivity index (χ3v) is 1.36. The highest BCUT2D eigenvalue weighted by molar-refractivity contribution is 5.22. The second-order valence-electron chi connectivity index (χ2n) is 3.37. The van der Waals surface area contributed by atoms with Gasteiger partial charge in [0, 0.05) is 5.41 Å². The lowest BCUT2D eigenvalue weighted by Gasteiger charge is -2.13. The van der Waals surface area contributed by atoms with Crippen molar-refractivity contribution in [3.05, 3.63) is 5.69 Å². The van der Waals surface area contributed by atoms with Crippen LogP contribution >= 0.6 is 0 Å². The summed E-state index contributed by atoms with van der Waals surface area (Å²) in [5.74, 6) is 0.470. The minimum absolute atomic E-state index is 0.0780. The zero-order valence-electron chi connectivity index (χ0n) is 9.21. The molecule has 1 rings (SSSR count). The molecule has 0 radical (unpaired) electrons. The fourth-order valence-corrected chi connectivity index (χ4v) is 0.772. The molecular formula is C9H18N2O2. The SMILES string of the molecule is CC.COc1nonc1C(C)(C)C. The monoisotopic (exact) mass is 186 g/mol. The predicted molar refractivity (Wildman–Crippen MR) is 50.9 cm³/mol. The van der Waals surface area contributed by atoms with Gasteiger partial charge in [0.1, 0.15) is 0 Å². The summed E-state index contributed by atoms with van der Waals surface area (Å²) in [6.45, 7) is 10.1. The second-order valence-corrected chi connectivity index (χ2v) is 3.37. The van der Waals surface area contributed by atoms with Crippen molar-refractivity contribution in [1.82, 2.24) is 10.3 Å². The van der Waals surface area contributed by atoms with Crippen molar-refractivity contribution in [2.45, 2.75) is 40.0 Å². The van der Waals surface area contributed by atoms with Gasteiger partial charge >= 0.3 is 0 Å². The van der Waals surface area contributed by atoms with Crippen molar-refractivity contribution >= 4 is 0 Å². The van der Waals surface area contributed by atoms with E-state index in [0.29, 0.717) is 5.88 Å². The molecule has 4 heteroatoms. The summed E-state index contributed by atoms with van der Waals surface area (Å²) in [5, 5.41) is 7.34. The van der Waals surface area contributed by atoms with Gasteiger partial charge in [-0.15, -0.1) is 0 Å². The van der Waals surface area contributed by atoms with Gasteiger partial charge in [0.2, 0.25) is 0 Å². The quantitative estimate of drug-likeness (QED) is 0.675. The highest BCUT2D eigenvalue weighted by Crippen LogP contribution is 2.26. The molecule has 1 aromatic rings. The Balaban J connectivity index is 0.000000671. The van der Waals surface area contributed by atoms with Crippen LogP contribution in [0.4, 0.5) is 0 Å². The van der Waals surface area contributed by atoms with Crippen molar-refractivity contribution in [3.63, 3.8) is 0 Å². The van der Waals surface area contributed by atoms with Gasteiger partial charge < -0.3 is 4.74 Å². The molecule has 0 amide bonds. The van der Waals surface area contributed by atoms with E-state index in [2.05, 4.69) is 14.9 Å². The zero-order chi connectivity index (χ0) is 10.5. The first-order valence-corrected chi connectivity index (χ1v) is 4.42. The normalized spacial score (nSPS) is 10.3. The smallest absolute Gasteiger partial charge is 0.279 e. The minimum Gasteiger partial charge on any atom is -0.477 e. The molecule has 76 valence electrons. The molecule has 0 saturated carbocycles. The summed E-state index contributed by atoms with van der Waals surface area (Å²) >= 11 is 0. The third kappa shape index (κ3) is 3.05. The van der Waals surface area contributed by atoms with Gasteiger partial charge in [-0.1, -0.05) is 39.8 Å². The first-order chi connectivity index (χ1) is 6.05. The molecule has 0 fully saturated rings. The van der Waals surface area contributed by atoms with Crippen molar-refractivity contribution < 1.29 is 9.37 Å². The summed E-state index contributed by atoms with van der Waals surface area (Å²) in [7, 11) is 1.55.